The molecule has 0 fully saturated rings. The number of pyridine rings is 2. The molecule has 0 radical (unpaired) electrons. The first kappa shape index (κ1) is 15.8. The number of H-pyrrole nitrogens is 2. The fourth-order valence-corrected chi connectivity index (χ4v) is 3.37. The van der Waals surface area contributed by atoms with Gasteiger partial charge >= 0.3 is 0 Å². The van der Waals surface area contributed by atoms with Crippen molar-refractivity contribution in [1.29, 1.82) is 0 Å². The van der Waals surface area contributed by atoms with Crippen LogP contribution in [0.4, 0.5) is 0 Å². The summed E-state index contributed by atoms with van der Waals surface area (Å²) >= 11 is 6.38. The van der Waals surface area contributed by atoms with Crippen molar-refractivity contribution in [2.75, 3.05) is 0 Å². The van der Waals surface area contributed by atoms with E-state index in [9.17, 15) is 4.79 Å². The molecule has 0 spiro atoms. The summed E-state index contributed by atoms with van der Waals surface area (Å²) < 4.78 is 5.79. The molecular weight excluding hydrogens is 366 g/mol. The third-order valence-electron chi connectivity index (χ3n) is 4.37. The Hall–Kier alpha value is -3.45. The first-order chi connectivity index (χ1) is 13.1. The molecule has 0 atom stereocenters. The molecule has 5 aromatic rings. The van der Waals surface area contributed by atoms with Crippen LogP contribution < -0.4 is 5.56 Å². The quantitative estimate of drug-likeness (QED) is 0.482. The second-order valence-electron chi connectivity index (χ2n) is 6.20. The average Bonchev–Trinajstić information content (AvgIpc) is 3.29. The van der Waals surface area contributed by atoms with E-state index in [0.29, 0.717) is 33.2 Å². The molecular formula is C19H12ClN5O2. The molecule has 0 amide bonds. The highest BCUT2D eigenvalue weighted by Crippen LogP contribution is 2.36. The topological polar surface area (TPSA) is 100 Å². The van der Waals surface area contributed by atoms with E-state index in [1.54, 1.807) is 6.07 Å². The molecule has 0 saturated heterocycles. The fraction of sp³-hybridized carbons (Fsp3) is 0.0526. The number of nitrogens with one attached hydrogen (secondary N) is 2. The lowest BCUT2D eigenvalue weighted by molar-refractivity contribution is 0.547. The van der Waals surface area contributed by atoms with E-state index < -0.39 is 0 Å². The number of aromatic nitrogens is 5. The number of aryl methyl sites for hydroxylation is 1. The Morgan fingerprint density at radius 3 is 2.78 bits per heavy atom. The Morgan fingerprint density at radius 2 is 1.96 bits per heavy atom. The Bertz CT molecular complexity index is 1380. The molecule has 2 N–H and O–H groups in total. The van der Waals surface area contributed by atoms with Gasteiger partial charge in [-0.3, -0.25) is 4.79 Å². The summed E-state index contributed by atoms with van der Waals surface area (Å²) in [6.07, 6.45) is 0. The molecule has 1 aromatic carbocycles. The number of halogens is 1. The molecule has 0 saturated carbocycles. The molecule has 8 heteroatoms. The van der Waals surface area contributed by atoms with Crippen LogP contribution >= 0.6 is 11.6 Å². The number of hydrogen-bond donors (Lipinski definition) is 2. The standard InChI is InChI=1S/C19H12ClN5O2/c1-9-2-4-15(27-9)17-12(6-10-3-5-16(26)21-19(10)22-17)11-7-13(20)18-14(8-11)23-25-24-18/h2-8H,1H3,(H,21,22,26)(H,23,24,25). The second kappa shape index (κ2) is 5.78. The van der Waals surface area contributed by atoms with Crippen LogP contribution in [0.3, 0.4) is 0 Å². The van der Waals surface area contributed by atoms with Crippen molar-refractivity contribution in [3.8, 4) is 22.6 Å². The summed E-state index contributed by atoms with van der Waals surface area (Å²) in [6.45, 7) is 1.87. The van der Waals surface area contributed by atoms with Crippen molar-refractivity contribution < 1.29 is 4.42 Å². The van der Waals surface area contributed by atoms with E-state index >= 15 is 0 Å². The third-order valence-corrected chi connectivity index (χ3v) is 4.66. The van der Waals surface area contributed by atoms with Crippen LogP contribution in [0.5, 0.6) is 0 Å². The van der Waals surface area contributed by atoms with Gasteiger partial charge in [0.05, 0.1) is 5.02 Å². The summed E-state index contributed by atoms with van der Waals surface area (Å²) in [5.74, 6) is 1.37. The number of hydrogen-bond acceptors (Lipinski definition) is 5. The maximum absolute atomic E-state index is 11.7. The maximum Gasteiger partial charge on any atom is 0.249 e. The maximum atomic E-state index is 11.7. The Balaban J connectivity index is 1.85. The number of furan rings is 1. The molecule has 4 heterocycles. The minimum Gasteiger partial charge on any atom is -0.460 e. The van der Waals surface area contributed by atoms with Crippen molar-refractivity contribution in [1.82, 2.24) is 25.4 Å². The minimum absolute atomic E-state index is 0.212. The van der Waals surface area contributed by atoms with Gasteiger partial charge in [-0.15, -0.1) is 0 Å². The van der Waals surface area contributed by atoms with Gasteiger partial charge in [0.15, 0.2) is 5.76 Å². The predicted octanol–water partition coefficient (Wildman–Crippen LogP) is 4.08. The molecule has 27 heavy (non-hydrogen) atoms. The van der Waals surface area contributed by atoms with Gasteiger partial charge in [0.2, 0.25) is 5.56 Å². The van der Waals surface area contributed by atoms with E-state index in [1.165, 1.54) is 6.07 Å². The molecule has 0 aliphatic carbocycles. The van der Waals surface area contributed by atoms with E-state index in [2.05, 4.69) is 25.4 Å². The third kappa shape index (κ3) is 2.60. The van der Waals surface area contributed by atoms with Gasteiger partial charge in [0.1, 0.15) is 28.1 Å². The summed E-state index contributed by atoms with van der Waals surface area (Å²) in [7, 11) is 0. The molecule has 132 valence electrons. The van der Waals surface area contributed by atoms with E-state index in [4.69, 9.17) is 16.0 Å². The highest BCUT2D eigenvalue weighted by molar-refractivity contribution is 6.35. The zero-order valence-electron chi connectivity index (χ0n) is 14.1. The zero-order valence-corrected chi connectivity index (χ0v) is 14.8. The fourth-order valence-electron chi connectivity index (χ4n) is 3.11. The van der Waals surface area contributed by atoms with Crippen molar-refractivity contribution in [3.63, 3.8) is 0 Å². The smallest absolute Gasteiger partial charge is 0.249 e. The van der Waals surface area contributed by atoms with Gasteiger partial charge < -0.3 is 9.40 Å². The van der Waals surface area contributed by atoms with E-state index in [-0.39, 0.29) is 5.56 Å². The van der Waals surface area contributed by atoms with Crippen LogP contribution in [0.2, 0.25) is 5.02 Å². The number of aromatic amines is 2. The number of nitrogens with zero attached hydrogens (tertiary/aromatic N) is 3. The van der Waals surface area contributed by atoms with Gasteiger partial charge in [-0.2, -0.15) is 15.4 Å². The second-order valence-corrected chi connectivity index (χ2v) is 6.61. The Morgan fingerprint density at radius 1 is 1.07 bits per heavy atom. The molecule has 0 aliphatic heterocycles. The van der Waals surface area contributed by atoms with Crippen LogP contribution in [-0.4, -0.2) is 25.4 Å². The van der Waals surface area contributed by atoms with Gasteiger partial charge in [-0.05, 0) is 48.9 Å². The zero-order chi connectivity index (χ0) is 18.5. The minimum atomic E-state index is -0.212. The van der Waals surface area contributed by atoms with Gasteiger partial charge in [0, 0.05) is 17.0 Å². The van der Waals surface area contributed by atoms with E-state index in [1.807, 2.05) is 37.3 Å². The largest absolute Gasteiger partial charge is 0.460 e. The summed E-state index contributed by atoms with van der Waals surface area (Å²) in [6, 6.07) is 12.6. The summed E-state index contributed by atoms with van der Waals surface area (Å²) in [4.78, 5) is 19.1. The molecule has 0 bridgehead atoms. The summed E-state index contributed by atoms with van der Waals surface area (Å²) in [5, 5.41) is 12.1. The lowest BCUT2D eigenvalue weighted by atomic mass is 10.0. The van der Waals surface area contributed by atoms with Crippen LogP contribution in [0, 0.1) is 6.92 Å². The van der Waals surface area contributed by atoms with Crippen molar-refractivity contribution >= 4 is 33.7 Å². The molecule has 5 rings (SSSR count). The van der Waals surface area contributed by atoms with Crippen LogP contribution in [0.25, 0.3) is 44.6 Å². The number of rotatable bonds is 2. The first-order valence-corrected chi connectivity index (χ1v) is 8.57. The van der Waals surface area contributed by atoms with Crippen LogP contribution in [0.15, 0.2) is 51.7 Å². The lowest BCUT2D eigenvalue weighted by Crippen LogP contribution is -2.04. The summed E-state index contributed by atoms with van der Waals surface area (Å²) in [5.41, 5.74) is 3.79. The highest BCUT2D eigenvalue weighted by atomic mass is 35.5. The van der Waals surface area contributed by atoms with Crippen molar-refractivity contribution in [3.05, 3.63) is 63.6 Å². The molecule has 7 nitrogen and oxygen atoms in total. The predicted molar refractivity (Wildman–Crippen MR) is 103 cm³/mol. The van der Waals surface area contributed by atoms with Crippen LogP contribution in [0.1, 0.15) is 5.76 Å². The van der Waals surface area contributed by atoms with Crippen LogP contribution in [-0.2, 0) is 0 Å². The number of fused-ring (bicyclic) bond motifs is 2. The van der Waals surface area contributed by atoms with Crippen molar-refractivity contribution in [2.24, 2.45) is 0 Å². The van der Waals surface area contributed by atoms with Gasteiger partial charge in [0.25, 0.3) is 0 Å². The molecule has 0 unspecified atom stereocenters. The Labute approximate surface area is 157 Å². The normalized spacial score (nSPS) is 11.5. The highest BCUT2D eigenvalue weighted by Gasteiger charge is 2.17. The van der Waals surface area contributed by atoms with Crippen molar-refractivity contribution in [2.45, 2.75) is 6.92 Å². The lowest BCUT2D eigenvalue weighted by Gasteiger charge is -2.10. The number of benzene rings is 1. The van der Waals surface area contributed by atoms with Gasteiger partial charge in [-0.1, -0.05) is 11.6 Å². The first-order valence-electron chi connectivity index (χ1n) is 8.20. The monoisotopic (exact) mass is 377 g/mol. The average molecular weight is 378 g/mol. The Kier molecular flexibility index (Phi) is 3.38. The van der Waals surface area contributed by atoms with E-state index in [0.717, 1.165) is 22.3 Å². The molecule has 4 aromatic heterocycles. The SMILES string of the molecule is Cc1ccc(-c2nc3[nH]c(=O)ccc3cc2-c2cc(Cl)c3n[nH]nc3c2)o1. The molecule has 0 aliphatic rings. The van der Waals surface area contributed by atoms with Gasteiger partial charge in [-0.25, -0.2) is 4.98 Å².